The van der Waals surface area contributed by atoms with E-state index in [0.29, 0.717) is 5.57 Å². The van der Waals surface area contributed by atoms with Gasteiger partial charge in [0.15, 0.2) is 0 Å². The van der Waals surface area contributed by atoms with Gasteiger partial charge in [0, 0.05) is 5.57 Å². The van der Waals surface area contributed by atoms with E-state index in [2.05, 4.69) is 67.2 Å². The fraction of sp³-hybridized carbons (Fsp3) is 0.0870. The van der Waals surface area contributed by atoms with Crippen LogP contribution in [0.1, 0.15) is 12.5 Å². The zero-order valence-electron chi connectivity index (χ0n) is 14.1. The molecule has 4 aromatic rings. The first kappa shape index (κ1) is 15.4. The second-order valence-electron chi connectivity index (χ2n) is 6.44. The summed E-state index contributed by atoms with van der Waals surface area (Å²) >= 11 is 0. The van der Waals surface area contributed by atoms with Crippen LogP contribution in [0.3, 0.4) is 0 Å². The molecule has 0 fully saturated rings. The Kier molecular flexibility index (Phi) is 3.73. The number of carbonyl (C=O) groups is 1. The van der Waals surface area contributed by atoms with Crippen molar-refractivity contribution in [1.29, 1.82) is 0 Å². The minimum Gasteiger partial charge on any atom is -0.457 e. The van der Waals surface area contributed by atoms with Crippen molar-refractivity contribution >= 4 is 38.3 Å². The Morgan fingerprint density at radius 3 is 1.92 bits per heavy atom. The average molecular weight is 326 g/mol. The van der Waals surface area contributed by atoms with E-state index >= 15 is 0 Å². The van der Waals surface area contributed by atoms with Gasteiger partial charge in [-0.05, 0) is 75.1 Å². The quantitative estimate of drug-likeness (QED) is 0.271. The lowest BCUT2D eigenvalue weighted by molar-refractivity contribution is -0.140. The molecule has 0 amide bonds. The second-order valence-corrected chi connectivity index (χ2v) is 6.44. The normalized spacial score (nSPS) is 11.1. The molecule has 0 aliphatic carbocycles. The summed E-state index contributed by atoms with van der Waals surface area (Å²) in [5.41, 5.74) is 1.39. The molecule has 0 unspecified atom stereocenters. The van der Waals surface area contributed by atoms with E-state index in [1.165, 1.54) is 26.9 Å². The fourth-order valence-electron chi connectivity index (χ4n) is 3.10. The zero-order chi connectivity index (χ0) is 17.4. The molecule has 0 spiro atoms. The number of rotatable bonds is 3. The predicted molar refractivity (Wildman–Crippen MR) is 104 cm³/mol. The van der Waals surface area contributed by atoms with Crippen LogP contribution in [0, 0.1) is 0 Å². The van der Waals surface area contributed by atoms with Crippen molar-refractivity contribution in [2.45, 2.75) is 13.5 Å². The van der Waals surface area contributed by atoms with Gasteiger partial charge in [-0.25, -0.2) is 4.79 Å². The number of benzene rings is 4. The van der Waals surface area contributed by atoms with Gasteiger partial charge < -0.3 is 4.74 Å². The lowest BCUT2D eigenvalue weighted by Crippen LogP contribution is -2.04. The van der Waals surface area contributed by atoms with Gasteiger partial charge >= 0.3 is 5.97 Å². The topological polar surface area (TPSA) is 26.3 Å². The summed E-state index contributed by atoms with van der Waals surface area (Å²) in [5, 5.41) is 7.25. The highest BCUT2D eigenvalue weighted by atomic mass is 16.5. The van der Waals surface area contributed by atoms with Crippen LogP contribution in [0.5, 0.6) is 0 Å². The summed E-state index contributed by atoms with van der Waals surface area (Å²) < 4.78 is 5.25. The van der Waals surface area contributed by atoms with E-state index in [1.807, 2.05) is 6.07 Å². The van der Waals surface area contributed by atoms with Crippen LogP contribution in [0.2, 0.25) is 0 Å². The Morgan fingerprint density at radius 1 is 0.800 bits per heavy atom. The highest BCUT2D eigenvalue weighted by molar-refractivity contribution is 6.04. The molecule has 0 aliphatic heterocycles. The standard InChI is InChI=1S/C23H18O2/c1-15(2)23(24)25-14-16-7-8-19-12-21-10-17-5-3-4-6-18(17)11-22(21)13-20(19)9-16/h3-13H,1,14H2,2H3. The van der Waals surface area contributed by atoms with Crippen LogP contribution in [0.25, 0.3) is 32.3 Å². The summed E-state index contributed by atoms with van der Waals surface area (Å²) in [6, 6.07) is 23.4. The van der Waals surface area contributed by atoms with Crippen LogP contribution >= 0.6 is 0 Å². The highest BCUT2D eigenvalue weighted by Gasteiger charge is 2.05. The Bertz CT molecular complexity index is 1140. The second kappa shape index (κ2) is 6.06. The molecule has 0 aromatic heterocycles. The molecule has 4 rings (SSSR count). The number of esters is 1. The molecule has 2 heteroatoms. The third-order valence-corrected chi connectivity index (χ3v) is 4.44. The zero-order valence-corrected chi connectivity index (χ0v) is 14.1. The van der Waals surface area contributed by atoms with Crippen molar-refractivity contribution in [1.82, 2.24) is 0 Å². The number of fused-ring (bicyclic) bond motifs is 3. The summed E-state index contributed by atoms with van der Waals surface area (Å²) in [6.07, 6.45) is 0. The molecule has 0 saturated carbocycles. The first-order chi connectivity index (χ1) is 12.1. The molecule has 0 atom stereocenters. The monoisotopic (exact) mass is 326 g/mol. The molecule has 4 aromatic carbocycles. The lowest BCUT2D eigenvalue weighted by atomic mass is 9.99. The molecule has 25 heavy (non-hydrogen) atoms. The van der Waals surface area contributed by atoms with Gasteiger partial charge in [-0.1, -0.05) is 43.0 Å². The Hall–Kier alpha value is -3.13. The van der Waals surface area contributed by atoms with Crippen molar-refractivity contribution in [3.05, 3.63) is 84.4 Å². The van der Waals surface area contributed by atoms with E-state index in [-0.39, 0.29) is 12.6 Å². The molecule has 0 radical (unpaired) electrons. The van der Waals surface area contributed by atoms with Gasteiger partial charge in [-0.2, -0.15) is 0 Å². The smallest absolute Gasteiger partial charge is 0.333 e. The summed E-state index contributed by atoms with van der Waals surface area (Å²) in [6.45, 7) is 5.52. The third-order valence-electron chi connectivity index (χ3n) is 4.44. The van der Waals surface area contributed by atoms with Crippen LogP contribution in [-0.2, 0) is 16.1 Å². The first-order valence-corrected chi connectivity index (χ1v) is 8.28. The van der Waals surface area contributed by atoms with E-state index < -0.39 is 0 Å². The average Bonchev–Trinajstić information content (AvgIpc) is 2.62. The molecular formula is C23H18O2. The van der Waals surface area contributed by atoms with Crippen LogP contribution in [0.15, 0.2) is 78.9 Å². The summed E-state index contributed by atoms with van der Waals surface area (Å²) in [5.74, 6) is -0.356. The Labute approximate surface area is 146 Å². The summed E-state index contributed by atoms with van der Waals surface area (Å²) in [4.78, 5) is 11.6. The number of carbonyl (C=O) groups excluding carboxylic acids is 1. The fourth-order valence-corrected chi connectivity index (χ4v) is 3.10. The van der Waals surface area contributed by atoms with Crippen molar-refractivity contribution in [3.8, 4) is 0 Å². The van der Waals surface area contributed by atoms with Crippen LogP contribution in [0.4, 0.5) is 0 Å². The summed E-state index contributed by atoms with van der Waals surface area (Å²) in [7, 11) is 0. The van der Waals surface area contributed by atoms with Crippen LogP contribution < -0.4 is 0 Å². The van der Waals surface area contributed by atoms with Crippen molar-refractivity contribution < 1.29 is 9.53 Å². The van der Waals surface area contributed by atoms with Crippen molar-refractivity contribution in [2.24, 2.45) is 0 Å². The van der Waals surface area contributed by atoms with E-state index in [1.54, 1.807) is 6.92 Å². The van der Waals surface area contributed by atoms with E-state index in [4.69, 9.17) is 4.74 Å². The first-order valence-electron chi connectivity index (χ1n) is 8.28. The molecule has 0 N–H and O–H groups in total. The Balaban J connectivity index is 1.76. The van der Waals surface area contributed by atoms with E-state index in [9.17, 15) is 4.79 Å². The van der Waals surface area contributed by atoms with Gasteiger partial charge in [0.05, 0.1) is 0 Å². The SMILES string of the molecule is C=C(C)C(=O)OCc1ccc2cc3cc4ccccc4cc3cc2c1. The minimum absolute atomic E-state index is 0.261. The molecular weight excluding hydrogens is 308 g/mol. The number of hydrogen-bond donors (Lipinski definition) is 0. The molecule has 0 saturated heterocycles. The maximum atomic E-state index is 11.6. The molecule has 2 nitrogen and oxygen atoms in total. The van der Waals surface area contributed by atoms with Gasteiger partial charge in [-0.15, -0.1) is 0 Å². The van der Waals surface area contributed by atoms with Gasteiger partial charge in [0.1, 0.15) is 6.61 Å². The number of hydrogen-bond acceptors (Lipinski definition) is 2. The molecule has 0 bridgehead atoms. The van der Waals surface area contributed by atoms with Gasteiger partial charge in [-0.3, -0.25) is 0 Å². The maximum absolute atomic E-state index is 11.6. The highest BCUT2D eigenvalue weighted by Crippen LogP contribution is 2.28. The van der Waals surface area contributed by atoms with Gasteiger partial charge in [0.2, 0.25) is 0 Å². The van der Waals surface area contributed by atoms with Gasteiger partial charge in [0.25, 0.3) is 0 Å². The predicted octanol–water partition coefficient (Wildman–Crippen LogP) is 5.77. The Morgan fingerprint density at radius 2 is 1.32 bits per heavy atom. The molecule has 0 heterocycles. The maximum Gasteiger partial charge on any atom is 0.333 e. The van der Waals surface area contributed by atoms with Crippen molar-refractivity contribution in [2.75, 3.05) is 0 Å². The van der Waals surface area contributed by atoms with Crippen LogP contribution in [-0.4, -0.2) is 5.97 Å². The lowest BCUT2D eigenvalue weighted by Gasteiger charge is -2.08. The third kappa shape index (κ3) is 2.99. The minimum atomic E-state index is -0.356. The molecule has 122 valence electrons. The van der Waals surface area contributed by atoms with Crippen molar-refractivity contribution in [3.63, 3.8) is 0 Å². The number of ether oxygens (including phenoxy) is 1. The largest absolute Gasteiger partial charge is 0.457 e. The van der Waals surface area contributed by atoms with E-state index in [0.717, 1.165) is 10.9 Å². The molecule has 0 aliphatic rings.